The molecule has 122 valence electrons. The molecule has 0 aliphatic heterocycles. The summed E-state index contributed by atoms with van der Waals surface area (Å²) >= 11 is 0. The minimum atomic E-state index is -0.511. The van der Waals surface area contributed by atoms with Crippen molar-refractivity contribution in [1.29, 1.82) is 0 Å². The van der Waals surface area contributed by atoms with Crippen molar-refractivity contribution in [3.8, 4) is 5.75 Å². The maximum absolute atomic E-state index is 13.8. The van der Waals surface area contributed by atoms with Crippen molar-refractivity contribution in [2.75, 3.05) is 14.2 Å². The van der Waals surface area contributed by atoms with E-state index in [-0.39, 0.29) is 23.9 Å². The van der Waals surface area contributed by atoms with Gasteiger partial charge in [-0.2, -0.15) is 0 Å². The van der Waals surface area contributed by atoms with Crippen LogP contribution in [0.2, 0.25) is 0 Å². The van der Waals surface area contributed by atoms with Crippen LogP contribution in [0.4, 0.5) is 8.78 Å². The average molecular weight is 319 g/mol. The number of amides is 1. The van der Waals surface area contributed by atoms with Crippen molar-refractivity contribution < 1.29 is 18.3 Å². The van der Waals surface area contributed by atoms with Gasteiger partial charge in [-0.1, -0.05) is 24.3 Å². The normalized spacial score (nSPS) is 11.9. The van der Waals surface area contributed by atoms with Crippen LogP contribution in [0.3, 0.4) is 0 Å². The third-order valence-corrected chi connectivity index (χ3v) is 3.90. The molecule has 23 heavy (non-hydrogen) atoms. The number of carbonyl (C=O) groups excluding carboxylic acids is 1. The lowest BCUT2D eigenvalue weighted by atomic mass is 10.1. The molecule has 0 bridgehead atoms. The van der Waals surface area contributed by atoms with Crippen LogP contribution in [0.1, 0.15) is 24.1 Å². The average Bonchev–Trinajstić information content (AvgIpc) is 2.54. The first-order chi connectivity index (χ1) is 10.9. The van der Waals surface area contributed by atoms with Crippen molar-refractivity contribution in [2.24, 2.45) is 0 Å². The van der Waals surface area contributed by atoms with Crippen molar-refractivity contribution in [1.82, 2.24) is 4.90 Å². The highest BCUT2D eigenvalue weighted by atomic mass is 19.1. The fourth-order valence-electron chi connectivity index (χ4n) is 2.36. The van der Waals surface area contributed by atoms with Gasteiger partial charge in [0.05, 0.1) is 19.6 Å². The molecule has 0 saturated heterocycles. The SMILES string of the molecule is COc1ccc(CC(=O)N(C)C(C)c2ccccc2F)cc1F. The van der Waals surface area contributed by atoms with Crippen molar-refractivity contribution in [3.05, 3.63) is 65.2 Å². The molecule has 2 rings (SSSR count). The van der Waals surface area contributed by atoms with Crippen LogP contribution in [0.25, 0.3) is 0 Å². The molecule has 0 fully saturated rings. The van der Waals surface area contributed by atoms with Crippen molar-refractivity contribution >= 4 is 5.91 Å². The summed E-state index contributed by atoms with van der Waals surface area (Å²) in [5.41, 5.74) is 0.991. The van der Waals surface area contributed by atoms with E-state index < -0.39 is 11.9 Å². The van der Waals surface area contributed by atoms with Crippen LogP contribution in [0.15, 0.2) is 42.5 Å². The molecule has 1 unspecified atom stereocenters. The first-order valence-corrected chi connectivity index (χ1v) is 7.26. The van der Waals surface area contributed by atoms with E-state index in [9.17, 15) is 13.6 Å². The molecule has 0 N–H and O–H groups in total. The molecule has 1 amide bonds. The molecule has 0 aliphatic rings. The number of likely N-dealkylation sites (N-methyl/N-ethyl adjacent to an activating group) is 1. The number of rotatable bonds is 5. The van der Waals surface area contributed by atoms with Gasteiger partial charge in [-0.25, -0.2) is 8.78 Å². The topological polar surface area (TPSA) is 29.5 Å². The number of hydrogen-bond donors (Lipinski definition) is 0. The molecule has 0 spiro atoms. The third-order valence-electron chi connectivity index (χ3n) is 3.90. The summed E-state index contributed by atoms with van der Waals surface area (Å²) in [6, 6.07) is 10.3. The molecule has 0 aromatic heterocycles. The number of methoxy groups -OCH3 is 1. The molecule has 1 atom stereocenters. The lowest BCUT2D eigenvalue weighted by molar-refractivity contribution is -0.131. The summed E-state index contributed by atoms with van der Waals surface area (Å²) in [5, 5.41) is 0. The Kier molecular flexibility index (Phi) is 5.32. The third kappa shape index (κ3) is 3.86. The van der Waals surface area contributed by atoms with Crippen LogP contribution in [-0.4, -0.2) is 25.0 Å². The number of carbonyl (C=O) groups is 1. The Bertz CT molecular complexity index is 703. The predicted octanol–water partition coefficient (Wildman–Crippen LogP) is 3.74. The Morgan fingerprint density at radius 2 is 1.87 bits per heavy atom. The molecule has 5 heteroatoms. The maximum Gasteiger partial charge on any atom is 0.227 e. The van der Waals surface area contributed by atoms with Gasteiger partial charge in [-0.3, -0.25) is 4.79 Å². The Hall–Kier alpha value is -2.43. The van der Waals surface area contributed by atoms with Crippen LogP contribution in [-0.2, 0) is 11.2 Å². The van der Waals surface area contributed by atoms with Crippen molar-refractivity contribution in [3.63, 3.8) is 0 Å². The van der Waals surface area contributed by atoms with Gasteiger partial charge >= 0.3 is 0 Å². The molecular weight excluding hydrogens is 300 g/mol. The van der Waals surface area contributed by atoms with Gasteiger partial charge in [0.15, 0.2) is 11.6 Å². The quantitative estimate of drug-likeness (QED) is 0.840. The largest absolute Gasteiger partial charge is 0.494 e. The summed E-state index contributed by atoms with van der Waals surface area (Å²) in [6.07, 6.45) is 0.0379. The Balaban J connectivity index is 2.11. The van der Waals surface area contributed by atoms with E-state index in [2.05, 4.69) is 0 Å². The fourth-order valence-corrected chi connectivity index (χ4v) is 2.36. The minimum Gasteiger partial charge on any atom is -0.494 e. The van der Waals surface area contributed by atoms with E-state index in [1.54, 1.807) is 38.2 Å². The summed E-state index contributed by atoms with van der Waals surface area (Å²) in [7, 11) is 2.99. The number of ether oxygens (including phenoxy) is 1. The lowest BCUT2D eigenvalue weighted by Gasteiger charge is -2.25. The molecule has 2 aromatic rings. The minimum absolute atomic E-state index is 0.0379. The van der Waals surface area contributed by atoms with Crippen LogP contribution < -0.4 is 4.74 Å². The number of nitrogens with zero attached hydrogens (tertiary/aromatic N) is 1. The zero-order valence-corrected chi connectivity index (χ0v) is 13.3. The van der Waals surface area contributed by atoms with Gasteiger partial charge in [0.1, 0.15) is 5.82 Å². The summed E-state index contributed by atoms with van der Waals surface area (Å²) < 4.78 is 32.4. The van der Waals surface area contributed by atoms with Crippen LogP contribution in [0, 0.1) is 11.6 Å². The highest BCUT2D eigenvalue weighted by molar-refractivity contribution is 5.79. The number of hydrogen-bond acceptors (Lipinski definition) is 2. The molecule has 0 radical (unpaired) electrons. The highest BCUT2D eigenvalue weighted by Crippen LogP contribution is 2.23. The van der Waals surface area contributed by atoms with Gasteiger partial charge < -0.3 is 9.64 Å². The van der Waals surface area contributed by atoms with E-state index in [1.165, 1.54) is 30.2 Å². The zero-order chi connectivity index (χ0) is 17.0. The zero-order valence-electron chi connectivity index (χ0n) is 13.3. The van der Waals surface area contributed by atoms with Gasteiger partial charge in [0.25, 0.3) is 0 Å². The van der Waals surface area contributed by atoms with E-state index in [4.69, 9.17) is 4.74 Å². The van der Waals surface area contributed by atoms with Crippen LogP contribution >= 0.6 is 0 Å². The monoisotopic (exact) mass is 319 g/mol. The molecule has 2 aromatic carbocycles. The highest BCUT2D eigenvalue weighted by Gasteiger charge is 2.20. The second kappa shape index (κ2) is 7.22. The maximum atomic E-state index is 13.8. The fraction of sp³-hybridized carbons (Fsp3) is 0.278. The van der Waals surface area contributed by atoms with Crippen LogP contribution in [0.5, 0.6) is 5.75 Å². The Labute approximate surface area is 134 Å². The number of benzene rings is 2. The second-order valence-electron chi connectivity index (χ2n) is 5.35. The van der Waals surface area contributed by atoms with E-state index in [1.807, 2.05) is 0 Å². The standard InChI is InChI=1S/C18H19F2NO2/c1-12(14-6-4-5-7-15(14)19)21(2)18(22)11-13-8-9-17(23-3)16(20)10-13/h4-10,12H,11H2,1-3H3. The van der Waals surface area contributed by atoms with E-state index in [0.29, 0.717) is 11.1 Å². The summed E-state index contributed by atoms with van der Waals surface area (Å²) in [5.74, 6) is -0.947. The number of halogens is 2. The molecule has 3 nitrogen and oxygen atoms in total. The molecule has 0 heterocycles. The summed E-state index contributed by atoms with van der Waals surface area (Å²) in [4.78, 5) is 13.8. The molecule has 0 saturated carbocycles. The Morgan fingerprint density at radius 1 is 1.17 bits per heavy atom. The Morgan fingerprint density at radius 3 is 2.48 bits per heavy atom. The molecule has 0 aliphatic carbocycles. The van der Waals surface area contributed by atoms with Crippen molar-refractivity contribution in [2.45, 2.75) is 19.4 Å². The molecular formula is C18H19F2NO2. The first-order valence-electron chi connectivity index (χ1n) is 7.26. The van der Waals surface area contributed by atoms with Gasteiger partial charge in [0.2, 0.25) is 5.91 Å². The van der Waals surface area contributed by atoms with Gasteiger partial charge in [-0.15, -0.1) is 0 Å². The smallest absolute Gasteiger partial charge is 0.227 e. The van der Waals surface area contributed by atoms with E-state index in [0.717, 1.165) is 0 Å². The first kappa shape index (κ1) is 16.9. The van der Waals surface area contributed by atoms with Gasteiger partial charge in [-0.05, 0) is 30.7 Å². The van der Waals surface area contributed by atoms with E-state index >= 15 is 0 Å². The summed E-state index contributed by atoms with van der Waals surface area (Å²) in [6.45, 7) is 1.75. The lowest BCUT2D eigenvalue weighted by Crippen LogP contribution is -2.31. The van der Waals surface area contributed by atoms with Gasteiger partial charge in [0, 0.05) is 12.6 Å². The predicted molar refractivity (Wildman–Crippen MR) is 84.2 cm³/mol. The second-order valence-corrected chi connectivity index (χ2v) is 5.35.